The average Bonchev–Trinajstić information content (AvgIpc) is 2.65. The lowest BCUT2D eigenvalue weighted by atomic mass is 10.0. The van der Waals surface area contributed by atoms with Crippen LogP contribution in [-0.2, 0) is 4.79 Å². The standard InChI is InChI=1S/C21H20N2O4/c1-14-11-19(9-10-20(14)23(25)26)27-13-21(24)22-15(2)17-8-7-16-5-3-4-6-18(16)12-17/h3-12,15H,13H2,1-2H3,(H,22,24). The van der Waals surface area contributed by atoms with E-state index in [1.165, 1.54) is 12.1 Å². The lowest BCUT2D eigenvalue weighted by molar-refractivity contribution is -0.385. The van der Waals surface area contributed by atoms with Gasteiger partial charge in [0, 0.05) is 11.6 Å². The fourth-order valence-corrected chi connectivity index (χ4v) is 2.92. The minimum absolute atomic E-state index is 0.0247. The Labute approximate surface area is 156 Å². The number of nitrogens with zero attached hydrogens (tertiary/aromatic N) is 1. The number of aryl methyl sites for hydroxylation is 1. The lowest BCUT2D eigenvalue weighted by Gasteiger charge is -2.15. The van der Waals surface area contributed by atoms with Crippen molar-refractivity contribution < 1.29 is 14.5 Å². The number of nitro benzene ring substituents is 1. The van der Waals surface area contributed by atoms with Gasteiger partial charge in [-0.05, 0) is 48.4 Å². The molecule has 3 rings (SSSR count). The van der Waals surface area contributed by atoms with Crippen LogP contribution in [0.3, 0.4) is 0 Å². The molecule has 27 heavy (non-hydrogen) atoms. The van der Waals surface area contributed by atoms with Gasteiger partial charge in [-0.2, -0.15) is 0 Å². The van der Waals surface area contributed by atoms with Gasteiger partial charge in [-0.15, -0.1) is 0 Å². The number of amides is 1. The summed E-state index contributed by atoms with van der Waals surface area (Å²) in [7, 11) is 0. The van der Waals surface area contributed by atoms with Crippen molar-refractivity contribution in [2.24, 2.45) is 0 Å². The zero-order chi connectivity index (χ0) is 19.4. The molecule has 3 aromatic rings. The molecule has 6 nitrogen and oxygen atoms in total. The van der Waals surface area contributed by atoms with Crippen LogP contribution in [-0.4, -0.2) is 17.4 Å². The SMILES string of the molecule is Cc1cc(OCC(=O)NC(C)c2ccc3ccccc3c2)ccc1[N+](=O)[O-]. The Hall–Kier alpha value is -3.41. The van der Waals surface area contributed by atoms with E-state index in [4.69, 9.17) is 4.74 Å². The third kappa shape index (κ3) is 4.41. The first-order valence-corrected chi connectivity index (χ1v) is 8.60. The molecule has 1 atom stereocenters. The van der Waals surface area contributed by atoms with Crippen molar-refractivity contribution in [3.8, 4) is 5.75 Å². The van der Waals surface area contributed by atoms with Gasteiger partial charge >= 0.3 is 0 Å². The molecule has 0 spiro atoms. The summed E-state index contributed by atoms with van der Waals surface area (Å²) in [6, 6.07) is 18.4. The summed E-state index contributed by atoms with van der Waals surface area (Å²) < 4.78 is 5.46. The second kappa shape index (κ2) is 7.86. The van der Waals surface area contributed by atoms with E-state index < -0.39 is 4.92 Å². The van der Waals surface area contributed by atoms with Gasteiger partial charge in [-0.25, -0.2) is 0 Å². The first kappa shape index (κ1) is 18.4. The van der Waals surface area contributed by atoms with Crippen LogP contribution in [0.15, 0.2) is 60.7 Å². The Morgan fingerprint density at radius 2 is 1.85 bits per heavy atom. The van der Waals surface area contributed by atoms with Crippen LogP contribution in [0.5, 0.6) is 5.75 Å². The fraction of sp³-hybridized carbons (Fsp3) is 0.190. The molecule has 6 heteroatoms. The molecule has 1 N–H and O–H groups in total. The monoisotopic (exact) mass is 364 g/mol. The number of hydrogen-bond acceptors (Lipinski definition) is 4. The Balaban J connectivity index is 1.59. The number of ether oxygens (including phenoxy) is 1. The van der Waals surface area contributed by atoms with E-state index in [1.54, 1.807) is 13.0 Å². The molecule has 0 fully saturated rings. The molecule has 1 amide bonds. The highest BCUT2D eigenvalue weighted by Gasteiger charge is 2.13. The number of benzene rings is 3. The van der Waals surface area contributed by atoms with E-state index in [2.05, 4.69) is 11.4 Å². The molecule has 0 aliphatic heterocycles. The number of carbonyl (C=O) groups is 1. The predicted octanol–water partition coefficient (Wildman–Crippen LogP) is 4.31. The summed E-state index contributed by atoms with van der Waals surface area (Å²) in [5.41, 5.74) is 1.52. The zero-order valence-electron chi connectivity index (χ0n) is 15.1. The molecule has 138 valence electrons. The van der Waals surface area contributed by atoms with E-state index in [-0.39, 0.29) is 24.2 Å². The molecule has 0 heterocycles. The molecular formula is C21H20N2O4. The highest BCUT2D eigenvalue weighted by atomic mass is 16.6. The van der Waals surface area contributed by atoms with Crippen LogP contribution in [0.2, 0.25) is 0 Å². The molecule has 0 saturated heterocycles. The Bertz CT molecular complexity index is 1000. The predicted molar refractivity (Wildman–Crippen MR) is 104 cm³/mol. The summed E-state index contributed by atoms with van der Waals surface area (Å²) in [6.07, 6.45) is 0. The first-order chi connectivity index (χ1) is 12.9. The number of nitrogens with one attached hydrogen (secondary N) is 1. The number of rotatable bonds is 6. The first-order valence-electron chi connectivity index (χ1n) is 8.60. The highest BCUT2D eigenvalue weighted by molar-refractivity contribution is 5.83. The normalized spacial score (nSPS) is 11.8. The Morgan fingerprint density at radius 3 is 2.56 bits per heavy atom. The van der Waals surface area contributed by atoms with Crippen molar-refractivity contribution in [2.45, 2.75) is 19.9 Å². The van der Waals surface area contributed by atoms with Gasteiger partial charge in [0.2, 0.25) is 0 Å². The third-order valence-electron chi connectivity index (χ3n) is 4.39. The minimum atomic E-state index is -0.447. The van der Waals surface area contributed by atoms with Gasteiger partial charge < -0.3 is 10.1 Å². The van der Waals surface area contributed by atoms with Crippen molar-refractivity contribution in [3.05, 3.63) is 81.9 Å². The molecule has 0 radical (unpaired) electrons. The molecule has 0 bridgehead atoms. The number of nitro groups is 1. The van der Waals surface area contributed by atoms with Crippen molar-refractivity contribution >= 4 is 22.4 Å². The van der Waals surface area contributed by atoms with E-state index in [1.807, 2.05) is 43.3 Å². The number of hydrogen-bond donors (Lipinski definition) is 1. The largest absolute Gasteiger partial charge is 0.484 e. The molecule has 0 aliphatic rings. The van der Waals surface area contributed by atoms with Crippen LogP contribution in [0.25, 0.3) is 10.8 Å². The third-order valence-corrected chi connectivity index (χ3v) is 4.39. The maximum atomic E-state index is 12.2. The molecular weight excluding hydrogens is 344 g/mol. The maximum Gasteiger partial charge on any atom is 0.272 e. The van der Waals surface area contributed by atoms with E-state index in [0.29, 0.717) is 11.3 Å². The van der Waals surface area contributed by atoms with Gasteiger partial charge in [-0.3, -0.25) is 14.9 Å². The Kier molecular flexibility index (Phi) is 5.35. The molecule has 1 unspecified atom stereocenters. The fourth-order valence-electron chi connectivity index (χ4n) is 2.92. The second-order valence-corrected chi connectivity index (χ2v) is 6.39. The van der Waals surface area contributed by atoms with Gasteiger partial charge in [0.25, 0.3) is 11.6 Å². The number of fused-ring (bicyclic) bond motifs is 1. The summed E-state index contributed by atoms with van der Waals surface area (Å²) >= 11 is 0. The maximum absolute atomic E-state index is 12.2. The molecule has 0 aliphatic carbocycles. The highest BCUT2D eigenvalue weighted by Crippen LogP contribution is 2.23. The molecule has 0 aromatic heterocycles. The van der Waals surface area contributed by atoms with Gasteiger partial charge in [0.15, 0.2) is 6.61 Å². The summed E-state index contributed by atoms with van der Waals surface area (Å²) in [5, 5.41) is 16.0. The van der Waals surface area contributed by atoms with Gasteiger partial charge in [0.05, 0.1) is 11.0 Å². The second-order valence-electron chi connectivity index (χ2n) is 6.39. The van der Waals surface area contributed by atoms with Crippen LogP contribution in [0, 0.1) is 17.0 Å². The van der Waals surface area contributed by atoms with Crippen LogP contribution in [0.4, 0.5) is 5.69 Å². The molecule has 3 aromatic carbocycles. The lowest BCUT2D eigenvalue weighted by Crippen LogP contribution is -2.31. The van der Waals surface area contributed by atoms with Gasteiger partial charge in [0.1, 0.15) is 5.75 Å². The van der Waals surface area contributed by atoms with Crippen LogP contribution in [0.1, 0.15) is 24.1 Å². The van der Waals surface area contributed by atoms with Crippen molar-refractivity contribution in [1.29, 1.82) is 0 Å². The van der Waals surface area contributed by atoms with Gasteiger partial charge in [-0.1, -0.05) is 36.4 Å². The average molecular weight is 364 g/mol. The summed E-state index contributed by atoms with van der Waals surface area (Å²) in [6.45, 7) is 3.39. The van der Waals surface area contributed by atoms with Crippen LogP contribution >= 0.6 is 0 Å². The number of carbonyl (C=O) groups excluding carboxylic acids is 1. The molecule has 0 saturated carbocycles. The zero-order valence-corrected chi connectivity index (χ0v) is 15.1. The minimum Gasteiger partial charge on any atom is -0.484 e. The topological polar surface area (TPSA) is 81.5 Å². The van der Waals surface area contributed by atoms with Crippen molar-refractivity contribution in [3.63, 3.8) is 0 Å². The van der Waals surface area contributed by atoms with E-state index in [9.17, 15) is 14.9 Å². The Morgan fingerprint density at radius 1 is 1.11 bits per heavy atom. The van der Waals surface area contributed by atoms with Crippen LogP contribution < -0.4 is 10.1 Å². The summed E-state index contributed by atoms with van der Waals surface area (Å²) in [4.78, 5) is 22.6. The van der Waals surface area contributed by atoms with E-state index in [0.717, 1.165) is 16.3 Å². The van der Waals surface area contributed by atoms with Crippen molar-refractivity contribution in [2.75, 3.05) is 6.61 Å². The van der Waals surface area contributed by atoms with Crippen molar-refractivity contribution in [1.82, 2.24) is 5.32 Å². The van der Waals surface area contributed by atoms with E-state index >= 15 is 0 Å². The smallest absolute Gasteiger partial charge is 0.272 e. The quantitative estimate of drug-likeness (QED) is 0.522. The summed E-state index contributed by atoms with van der Waals surface area (Å²) in [5.74, 6) is 0.165.